The van der Waals surface area contributed by atoms with Gasteiger partial charge in [0, 0.05) is 12.1 Å². The number of nitrogens with one attached hydrogen (secondary N) is 1. The van der Waals surface area contributed by atoms with E-state index in [-0.39, 0.29) is 11.7 Å². The normalized spacial score (nSPS) is 12.7. The molecule has 0 unspecified atom stereocenters. The molecule has 0 spiro atoms. The zero-order valence-corrected chi connectivity index (χ0v) is 6.90. The van der Waals surface area contributed by atoms with E-state index < -0.39 is 0 Å². The molecule has 0 aliphatic carbocycles. The number of ketones is 1. The van der Waals surface area contributed by atoms with Crippen molar-refractivity contribution in [3.8, 4) is 0 Å². The fourth-order valence-electron chi connectivity index (χ4n) is 0.689. The molecule has 0 aliphatic heterocycles. The molecule has 0 saturated heterocycles. The Morgan fingerprint density at radius 3 is 2.40 bits per heavy atom. The Balaban J connectivity index is 3.73. The monoisotopic (exact) mass is 141 g/mol. The summed E-state index contributed by atoms with van der Waals surface area (Å²) in [4.78, 5) is 10.5. The van der Waals surface area contributed by atoms with Gasteiger partial charge in [-0.3, -0.25) is 4.79 Å². The second-order valence-electron chi connectivity index (χ2n) is 2.71. The van der Waals surface area contributed by atoms with Gasteiger partial charge in [0.25, 0.3) is 0 Å². The first-order valence-electron chi connectivity index (χ1n) is 3.64. The lowest BCUT2D eigenvalue weighted by Gasteiger charge is -2.07. The predicted molar refractivity (Wildman–Crippen MR) is 42.5 cm³/mol. The molecule has 10 heavy (non-hydrogen) atoms. The van der Waals surface area contributed by atoms with Gasteiger partial charge in [-0.1, -0.05) is 13.8 Å². The highest BCUT2D eigenvalue weighted by atomic mass is 16.1. The van der Waals surface area contributed by atoms with Crippen molar-refractivity contribution in [3.63, 3.8) is 0 Å². The van der Waals surface area contributed by atoms with Crippen molar-refractivity contribution in [1.82, 2.24) is 0 Å². The zero-order valence-electron chi connectivity index (χ0n) is 6.90. The average molecular weight is 141 g/mol. The van der Waals surface area contributed by atoms with E-state index in [1.54, 1.807) is 0 Å². The first-order chi connectivity index (χ1) is 4.57. The van der Waals surface area contributed by atoms with Crippen molar-refractivity contribution < 1.29 is 4.79 Å². The van der Waals surface area contributed by atoms with Gasteiger partial charge in [-0.2, -0.15) is 0 Å². The Morgan fingerprint density at radius 2 is 2.10 bits per heavy atom. The van der Waals surface area contributed by atoms with Crippen LogP contribution < -0.4 is 0 Å². The second-order valence-corrected chi connectivity index (χ2v) is 2.71. The minimum absolute atomic E-state index is 0.0882. The van der Waals surface area contributed by atoms with Crippen LogP contribution in [0.1, 0.15) is 33.6 Å². The highest BCUT2D eigenvalue weighted by Crippen LogP contribution is 2.05. The van der Waals surface area contributed by atoms with Crippen molar-refractivity contribution in [2.45, 2.75) is 33.6 Å². The molecule has 0 bridgehead atoms. The van der Waals surface area contributed by atoms with Gasteiger partial charge in [0.15, 0.2) is 0 Å². The van der Waals surface area contributed by atoms with Crippen LogP contribution in [-0.2, 0) is 4.79 Å². The molecule has 0 rings (SSSR count). The smallest absolute Gasteiger partial charge is 0.135 e. The summed E-state index contributed by atoms with van der Waals surface area (Å²) in [6.07, 6.45) is 1.28. The maximum absolute atomic E-state index is 10.5. The fourth-order valence-corrected chi connectivity index (χ4v) is 0.689. The molecule has 2 nitrogen and oxygen atoms in total. The lowest BCUT2D eigenvalue weighted by molar-refractivity contribution is -0.115. The third-order valence-corrected chi connectivity index (χ3v) is 1.65. The highest BCUT2D eigenvalue weighted by Gasteiger charge is 2.07. The molecule has 0 aliphatic rings. The van der Waals surface area contributed by atoms with Crippen molar-refractivity contribution >= 4 is 11.5 Å². The van der Waals surface area contributed by atoms with Crippen LogP contribution in [0.3, 0.4) is 0 Å². The van der Waals surface area contributed by atoms with E-state index in [1.807, 2.05) is 13.8 Å². The van der Waals surface area contributed by atoms with Crippen LogP contribution in [0.5, 0.6) is 0 Å². The van der Waals surface area contributed by atoms with Crippen molar-refractivity contribution in [1.29, 1.82) is 5.41 Å². The molecule has 0 aromatic heterocycles. The summed E-state index contributed by atoms with van der Waals surface area (Å²) in [5.41, 5.74) is 0.565. The number of Topliss-reactive ketones (excluding diaryl/α,β-unsaturated/α-hetero) is 1. The molecule has 1 atom stereocenters. The summed E-state index contributed by atoms with van der Waals surface area (Å²) in [7, 11) is 0. The van der Waals surface area contributed by atoms with Gasteiger partial charge in [0.05, 0.1) is 0 Å². The van der Waals surface area contributed by atoms with Gasteiger partial charge < -0.3 is 5.41 Å². The van der Waals surface area contributed by atoms with Crippen LogP contribution in [0.25, 0.3) is 0 Å². The lowest BCUT2D eigenvalue weighted by Crippen LogP contribution is -2.12. The van der Waals surface area contributed by atoms with E-state index in [0.29, 0.717) is 12.1 Å². The van der Waals surface area contributed by atoms with Crippen molar-refractivity contribution in [2.24, 2.45) is 5.92 Å². The van der Waals surface area contributed by atoms with Crippen LogP contribution in [0.4, 0.5) is 0 Å². The van der Waals surface area contributed by atoms with E-state index in [1.165, 1.54) is 6.92 Å². The SMILES string of the molecule is CC[C@H](C)C(=N)CC(C)=O. The molecule has 0 fully saturated rings. The second kappa shape index (κ2) is 4.20. The topological polar surface area (TPSA) is 40.9 Å². The third kappa shape index (κ3) is 3.38. The molecule has 0 aromatic rings. The Labute approximate surface area is 62.1 Å². The maximum atomic E-state index is 10.5. The quantitative estimate of drug-likeness (QED) is 0.598. The minimum Gasteiger partial charge on any atom is -0.309 e. The first-order valence-corrected chi connectivity index (χ1v) is 3.64. The van der Waals surface area contributed by atoms with Gasteiger partial charge in [-0.05, 0) is 19.3 Å². The first kappa shape index (κ1) is 9.34. The van der Waals surface area contributed by atoms with E-state index in [2.05, 4.69) is 0 Å². The number of carbonyl (C=O) groups is 1. The molecule has 0 aromatic carbocycles. The molecular weight excluding hydrogens is 126 g/mol. The minimum atomic E-state index is 0.0882. The van der Waals surface area contributed by atoms with Crippen LogP contribution in [-0.4, -0.2) is 11.5 Å². The molecular formula is C8H15NO. The van der Waals surface area contributed by atoms with Gasteiger partial charge >= 0.3 is 0 Å². The summed E-state index contributed by atoms with van der Waals surface area (Å²) >= 11 is 0. The Hall–Kier alpha value is -0.660. The predicted octanol–water partition coefficient (Wildman–Crippen LogP) is 2.03. The average Bonchev–Trinajstić information content (AvgIpc) is 1.85. The molecule has 0 saturated carbocycles. The van der Waals surface area contributed by atoms with E-state index in [9.17, 15) is 4.79 Å². The molecule has 1 N–H and O–H groups in total. The van der Waals surface area contributed by atoms with Gasteiger partial charge in [0.1, 0.15) is 5.78 Å². The molecule has 0 heterocycles. The van der Waals surface area contributed by atoms with Crippen LogP contribution in [0, 0.1) is 11.3 Å². The van der Waals surface area contributed by atoms with E-state index >= 15 is 0 Å². The largest absolute Gasteiger partial charge is 0.309 e. The summed E-state index contributed by atoms with van der Waals surface area (Å²) < 4.78 is 0. The molecule has 0 amide bonds. The summed E-state index contributed by atoms with van der Waals surface area (Å²) in [6.45, 7) is 5.53. The van der Waals surface area contributed by atoms with Crippen LogP contribution in [0.2, 0.25) is 0 Å². The number of carbonyl (C=O) groups excluding carboxylic acids is 1. The molecule has 2 heteroatoms. The molecule has 0 radical (unpaired) electrons. The highest BCUT2D eigenvalue weighted by molar-refractivity contribution is 6.00. The lowest BCUT2D eigenvalue weighted by atomic mass is 9.99. The Bertz CT molecular complexity index is 140. The van der Waals surface area contributed by atoms with Crippen molar-refractivity contribution in [2.75, 3.05) is 0 Å². The van der Waals surface area contributed by atoms with Gasteiger partial charge in [-0.15, -0.1) is 0 Å². The maximum Gasteiger partial charge on any atom is 0.135 e. The van der Waals surface area contributed by atoms with Crippen LogP contribution >= 0.6 is 0 Å². The Morgan fingerprint density at radius 1 is 1.60 bits per heavy atom. The Kier molecular flexibility index (Phi) is 3.93. The van der Waals surface area contributed by atoms with Crippen molar-refractivity contribution in [3.05, 3.63) is 0 Å². The summed E-state index contributed by atoms with van der Waals surface area (Å²) in [5.74, 6) is 0.356. The van der Waals surface area contributed by atoms with Gasteiger partial charge in [-0.25, -0.2) is 0 Å². The number of hydrogen-bond donors (Lipinski definition) is 1. The molecule has 58 valence electrons. The third-order valence-electron chi connectivity index (χ3n) is 1.65. The van der Waals surface area contributed by atoms with E-state index in [0.717, 1.165) is 6.42 Å². The fraction of sp³-hybridized carbons (Fsp3) is 0.750. The van der Waals surface area contributed by atoms with E-state index in [4.69, 9.17) is 5.41 Å². The summed E-state index contributed by atoms with van der Waals surface area (Å²) in [5, 5.41) is 7.40. The number of rotatable bonds is 4. The standard InChI is InChI=1S/C8H15NO/c1-4-6(2)8(9)5-7(3)10/h6,9H,4-5H2,1-3H3/t6-/m0/s1. The summed E-state index contributed by atoms with van der Waals surface area (Å²) in [6, 6.07) is 0. The van der Waals surface area contributed by atoms with Gasteiger partial charge in [0.2, 0.25) is 0 Å². The van der Waals surface area contributed by atoms with Crippen LogP contribution in [0.15, 0.2) is 0 Å². The number of hydrogen-bond acceptors (Lipinski definition) is 2. The zero-order chi connectivity index (χ0) is 8.15.